The fraction of sp³-hybridized carbons (Fsp3) is 0.778. The molecule has 0 radical (unpaired) electrons. The quantitative estimate of drug-likeness (QED) is 0.721. The highest BCUT2D eigenvalue weighted by Gasteiger charge is 1.97. The summed E-state index contributed by atoms with van der Waals surface area (Å²) in [4.78, 5) is 20.3. The average molecular weight is 221 g/mol. The Labute approximate surface area is 89.8 Å². The normalized spacial score (nSPS) is 8.29. The minimum absolute atomic E-state index is 0.00463. The van der Waals surface area contributed by atoms with Gasteiger partial charge in [0.15, 0.2) is 0 Å². The Kier molecular flexibility index (Phi) is 13.8. The van der Waals surface area contributed by atoms with Crippen molar-refractivity contribution in [2.24, 2.45) is 0 Å². The maximum atomic E-state index is 10.6. The van der Waals surface area contributed by atoms with Crippen LogP contribution in [0.2, 0.25) is 0 Å². The van der Waals surface area contributed by atoms with Crippen molar-refractivity contribution in [3.63, 3.8) is 0 Å². The number of carbonyl (C=O) groups is 2. The summed E-state index contributed by atoms with van der Waals surface area (Å²) in [6.45, 7) is 3.78. The molecule has 84 valence electrons. The zero-order chi connectivity index (χ0) is 11.4. The van der Waals surface area contributed by atoms with Crippen molar-refractivity contribution < 1.29 is 14.3 Å². The average Bonchev–Trinajstić information content (AvgIpc) is 2.16. The molecule has 0 heterocycles. The van der Waals surface area contributed by atoms with Gasteiger partial charge in [-0.05, 0) is 13.2 Å². The molecule has 0 aromatic rings. The molecule has 0 spiro atoms. The first-order valence-corrected chi connectivity index (χ1v) is 5.80. The molecule has 14 heavy (non-hydrogen) atoms. The number of hydrogen-bond acceptors (Lipinski definition) is 4. The van der Waals surface area contributed by atoms with Gasteiger partial charge in [0, 0.05) is 19.7 Å². The summed E-state index contributed by atoms with van der Waals surface area (Å²) >= 11 is 1.65. The summed E-state index contributed by atoms with van der Waals surface area (Å²) in [5, 5.41) is 2.39. The first-order chi connectivity index (χ1) is 6.58. The Morgan fingerprint density at radius 2 is 1.93 bits per heavy atom. The molecule has 0 aliphatic heterocycles. The van der Waals surface area contributed by atoms with E-state index in [4.69, 9.17) is 4.74 Å². The standard InChI is InChI=1S/C6H12O2S.C3H7NO/c1-3-8-6(7)4-5-9-2;1-3(5)4-2/h3-5H2,1-2H3;1-2H3,(H,4,5). The Balaban J connectivity index is 0. The predicted octanol–water partition coefficient (Wildman–Crippen LogP) is 1.05. The molecule has 0 unspecified atom stereocenters. The summed E-state index contributed by atoms with van der Waals surface area (Å²) in [5.74, 6) is 0.774. The van der Waals surface area contributed by atoms with Gasteiger partial charge in [-0.1, -0.05) is 0 Å². The predicted molar refractivity (Wildman–Crippen MR) is 59.4 cm³/mol. The molecular formula is C9H19NO3S. The molecule has 0 aliphatic rings. The van der Waals surface area contributed by atoms with Gasteiger partial charge in [-0.25, -0.2) is 0 Å². The van der Waals surface area contributed by atoms with E-state index in [-0.39, 0.29) is 11.9 Å². The number of rotatable bonds is 4. The third-order valence-corrected chi connectivity index (χ3v) is 1.78. The van der Waals surface area contributed by atoms with Crippen molar-refractivity contribution in [3.8, 4) is 0 Å². The van der Waals surface area contributed by atoms with Crippen molar-refractivity contribution in [1.29, 1.82) is 0 Å². The van der Waals surface area contributed by atoms with Crippen LogP contribution in [0.25, 0.3) is 0 Å². The second-order valence-electron chi connectivity index (χ2n) is 2.35. The molecule has 0 aromatic carbocycles. The lowest BCUT2D eigenvalue weighted by atomic mass is 10.5. The number of thioether (sulfide) groups is 1. The smallest absolute Gasteiger partial charge is 0.306 e. The molecule has 0 bridgehead atoms. The number of ether oxygens (including phenoxy) is 1. The van der Waals surface area contributed by atoms with Gasteiger partial charge in [-0.2, -0.15) is 11.8 Å². The maximum Gasteiger partial charge on any atom is 0.306 e. The van der Waals surface area contributed by atoms with Gasteiger partial charge in [-0.3, -0.25) is 9.59 Å². The zero-order valence-corrected chi connectivity index (χ0v) is 10.1. The Morgan fingerprint density at radius 1 is 1.43 bits per heavy atom. The van der Waals surface area contributed by atoms with E-state index < -0.39 is 0 Å². The number of carbonyl (C=O) groups excluding carboxylic acids is 2. The van der Waals surface area contributed by atoms with Crippen molar-refractivity contribution in [3.05, 3.63) is 0 Å². The summed E-state index contributed by atoms with van der Waals surface area (Å²) in [5.41, 5.74) is 0. The van der Waals surface area contributed by atoms with Gasteiger partial charge >= 0.3 is 5.97 Å². The van der Waals surface area contributed by atoms with Crippen LogP contribution in [0.3, 0.4) is 0 Å². The van der Waals surface area contributed by atoms with Gasteiger partial charge in [0.1, 0.15) is 0 Å². The Hall–Kier alpha value is -0.710. The van der Waals surface area contributed by atoms with E-state index in [9.17, 15) is 9.59 Å². The monoisotopic (exact) mass is 221 g/mol. The van der Waals surface area contributed by atoms with Gasteiger partial charge < -0.3 is 10.1 Å². The van der Waals surface area contributed by atoms with Crippen LogP contribution < -0.4 is 5.32 Å². The van der Waals surface area contributed by atoms with Crippen molar-refractivity contribution in [2.45, 2.75) is 20.3 Å². The van der Waals surface area contributed by atoms with Crippen LogP contribution >= 0.6 is 11.8 Å². The molecule has 5 heteroatoms. The van der Waals surface area contributed by atoms with Gasteiger partial charge in [0.25, 0.3) is 0 Å². The van der Waals surface area contributed by atoms with Crippen LogP contribution in [-0.4, -0.2) is 37.5 Å². The van der Waals surface area contributed by atoms with E-state index in [0.29, 0.717) is 13.0 Å². The fourth-order valence-corrected chi connectivity index (χ4v) is 0.789. The van der Waals surface area contributed by atoms with Crippen LogP contribution in [0.4, 0.5) is 0 Å². The molecule has 0 aliphatic carbocycles. The summed E-state index contributed by atoms with van der Waals surface area (Å²) in [6, 6.07) is 0. The number of amides is 1. The van der Waals surface area contributed by atoms with Crippen molar-refractivity contribution >= 4 is 23.6 Å². The van der Waals surface area contributed by atoms with E-state index in [0.717, 1.165) is 5.75 Å². The third-order valence-electron chi connectivity index (χ3n) is 1.17. The molecule has 0 fully saturated rings. The van der Waals surface area contributed by atoms with Crippen molar-refractivity contribution in [2.75, 3.05) is 25.7 Å². The molecular weight excluding hydrogens is 202 g/mol. The fourth-order valence-electron chi connectivity index (χ4n) is 0.419. The Bertz CT molecular complexity index is 162. The highest BCUT2D eigenvalue weighted by atomic mass is 32.2. The van der Waals surface area contributed by atoms with E-state index >= 15 is 0 Å². The zero-order valence-electron chi connectivity index (χ0n) is 9.25. The van der Waals surface area contributed by atoms with Crippen LogP contribution in [0.5, 0.6) is 0 Å². The highest BCUT2D eigenvalue weighted by Crippen LogP contribution is 1.96. The Morgan fingerprint density at radius 3 is 2.21 bits per heavy atom. The molecule has 4 nitrogen and oxygen atoms in total. The third kappa shape index (κ3) is 17.4. The van der Waals surface area contributed by atoms with Crippen LogP contribution in [-0.2, 0) is 14.3 Å². The van der Waals surface area contributed by atoms with Crippen LogP contribution in [0.1, 0.15) is 20.3 Å². The van der Waals surface area contributed by atoms with E-state index in [1.165, 1.54) is 6.92 Å². The second-order valence-corrected chi connectivity index (χ2v) is 3.34. The molecule has 1 N–H and O–H groups in total. The van der Waals surface area contributed by atoms with Gasteiger partial charge in [0.05, 0.1) is 13.0 Å². The molecule has 1 amide bonds. The summed E-state index contributed by atoms with van der Waals surface area (Å²) < 4.78 is 4.69. The minimum Gasteiger partial charge on any atom is -0.466 e. The van der Waals surface area contributed by atoms with E-state index in [1.54, 1.807) is 18.8 Å². The number of nitrogens with one attached hydrogen (secondary N) is 1. The van der Waals surface area contributed by atoms with Gasteiger partial charge in [0.2, 0.25) is 5.91 Å². The van der Waals surface area contributed by atoms with Crippen LogP contribution in [0, 0.1) is 0 Å². The topological polar surface area (TPSA) is 55.4 Å². The molecule has 0 saturated heterocycles. The molecule has 0 atom stereocenters. The van der Waals surface area contributed by atoms with Gasteiger partial charge in [-0.15, -0.1) is 0 Å². The lowest BCUT2D eigenvalue weighted by molar-refractivity contribution is -0.142. The molecule has 0 saturated carbocycles. The number of hydrogen-bond donors (Lipinski definition) is 1. The van der Waals surface area contributed by atoms with E-state index in [2.05, 4.69) is 5.32 Å². The molecule has 0 rings (SSSR count). The minimum atomic E-state index is -0.0909. The largest absolute Gasteiger partial charge is 0.466 e. The second kappa shape index (κ2) is 12.3. The SMILES string of the molecule is CCOC(=O)CCSC.CNC(C)=O. The first kappa shape index (κ1) is 15.7. The number of esters is 1. The first-order valence-electron chi connectivity index (χ1n) is 4.41. The summed E-state index contributed by atoms with van der Waals surface area (Å²) in [7, 11) is 1.60. The van der Waals surface area contributed by atoms with E-state index in [1.807, 2.05) is 13.2 Å². The highest BCUT2D eigenvalue weighted by molar-refractivity contribution is 7.98. The maximum absolute atomic E-state index is 10.6. The van der Waals surface area contributed by atoms with Crippen molar-refractivity contribution in [1.82, 2.24) is 5.32 Å². The lowest BCUT2D eigenvalue weighted by Crippen LogP contribution is -2.11. The van der Waals surface area contributed by atoms with Crippen LogP contribution in [0.15, 0.2) is 0 Å². The summed E-state index contributed by atoms with van der Waals surface area (Å²) in [6.07, 6.45) is 2.51. The lowest BCUT2D eigenvalue weighted by Gasteiger charge is -1.97. The molecule has 0 aromatic heterocycles.